The Bertz CT molecular complexity index is 1470. The van der Waals surface area contributed by atoms with Gasteiger partial charge in [-0.3, -0.25) is 4.79 Å². The zero-order valence-electron chi connectivity index (χ0n) is 21.2. The molecule has 0 saturated carbocycles. The number of methoxy groups -OCH3 is 2. The van der Waals surface area contributed by atoms with Crippen LogP contribution in [0, 0.1) is 17.3 Å². The maximum atomic E-state index is 14.4. The van der Waals surface area contributed by atoms with E-state index >= 15 is 0 Å². The molecule has 0 spiro atoms. The number of benzene rings is 4. The maximum absolute atomic E-state index is 14.4. The molecule has 4 nitrogen and oxygen atoms in total. The molecule has 4 aromatic carbocycles. The smallest absolute Gasteiger partial charge is 0.184 e. The molecule has 5 rings (SSSR count). The molecule has 4 aromatic rings. The lowest BCUT2D eigenvalue weighted by atomic mass is 9.71. The van der Waals surface area contributed by atoms with Gasteiger partial charge in [-0.05, 0) is 47.5 Å². The van der Waals surface area contributed by atoms with Crippen LogP contribution in [-0.2, 0) is 4.74 Å². The molecule has 0 aromatic heterocycles. The van der Waals surface area contributed by atoms with E-state index in [0.29, 0.717) is 28.5 Å². The van der Waals surface area contributed by atoms with E-state index in [-0.39, 0.29) is 11.9 Å². The number of ketones is 1. The van der Waals surface area contributed by atoms with Crippen molar-refractivity contribution in [2.45, 2.75) is 18.6 Å². The molecule has 5 heteroatoms. The largest absolute Gasteiger partial charge is 0.493 e. The van der Waals surface area contributed by atoms with Gasteiger partial charge in [-0.25, -0.2) is 0 Å². The average Bonchev–Trinajstić information content (AvgIpc) is 3.37. The molecule has 0 aliphatic carbocycles. The lowest BCUT2D eigenvalue weighted by Crippen LogP contribution is -2.33. The van der Waals surface area contributed by atoms with Crippen LogP contribution in [0.4, 0.5) is 0 Å². The van der Waals surface area contributed by atoms with Crippen molar-refractivity contribution in [3.8, 4) is 23.3 Å². The molecule has 1 aliphatic heterocycles. The van der Waals surface area contributed by atoms with Gasteiger partial charge in [0.2, 0.25) is 0 Å². The summed E-state index contributed by atoms with van der Waals surface area (Å²) in [4.78, 5) is 14.4. The van der Waals surface area contributed by atoms with Crippen LogP contribution in [0.1, 0.15) is 45.7 Å². The van der Waals surface area contributed by atoms with Crippen molar-refractivity contribution in [1.29, 1.82) is 0 Å². The minimum absolute atomic E-state index is 0.0854. The molecular weight excluding hydrogens is 496 g/mol. The summed E-state index contributed by atoms with van der Waals surface area (Å²) < 4.78 is 17.8. The van der Waals surface area contributed by atoms with Crippen molar-refractivity contribution < 1.29 is 19.0 Å². The molecule has 0 amide bonds. The van der Waals surface area contributed by atoms with Gasteiger partial charge in [0.15, 0.2) is 17.3 Å². The van der Waals surface area contributed by atoms with E-state index in [1.807, 2.05) is 103 Å². The fraction of sp³-hybridized carbons (Fsp3) is 0.182. The fourth-order valence-electron chi connectivity index (χ4n) is 4.92. The number of hydrogen-bond acceptors (Lipinski definition) is 4. The summed E-state index contributed by atoms with van der Waals surface area (Å²) in [6.45, 7) is 0. The van der Waals surface area contributed by atoms with Gasteiger partial charge in [-0.2, -0.15) is 0 Å². The van der Waals surface area contributed by atoms with Crippen molar-refractivity contribution in [3.63, 3.8) is 0 Å². The third kappa shape index (κ3) is 5.04. The molecule has 190 valence electrons. The molecular formula is C33H27ClO4. The second-order valence-electron chi connectivity index (χ2n) is 9.16. The summed E-state index contributed by atoms with van der Waals surface area (Å²) in [6, 6.07) is 32.1. The first-order chi connectivity index (χ1) is 18.5. The van der Waals surface area contributed by atoms with Crippen LogP contribution in [0.25, 0.3) is 0 Å². The van der Waals surface area contributed by atoms with Crippen molar-refractivity contribution >= 4 is 17.4 Å². The van der Waals surface area contributed by atoms with Crippen LogP contribution in [0.3, 0.4) is 0 Å². The Labute approximate surface area is 228 Å². The highest BCUT2D eigenvalue weighted by Gasteiger charge is 2.54. The van der Waals surface area contributed by atoms with E-state index in [9.17, 15) is 4.79 Å². The predicted octanol–water partition coefficient (Wildman–Crippen LogP) is 7.48. The second-order valence-corrected chi connectivity index (χ2v) is 9.59. The molecule has 1 heterocycles. The topological polar surface area (TPSA) is 44.8 Å². The monoisotopic (exact) mass is 522 g/mol. The van der Waals surface area contributed by atoms with Crippen molar-refractivity contribution in [1.82, 2.24) is 0 Å². The van der Waals surface area contributed by atoms with E-state index in [1.165, 1.54) is 0 Å². The normalized spacial score (nSPS) is 20.3. The van der Waals surface area contributed by atoms with Gasteiger partial charge in [0.05, 0.1) is 20.3 Å². The number of halogens is 1. The summed E-state index contributed by atoms with van der Waals surface area (Å²) in [5.74, 6) is 7.76. The number of carbonyl (C=O) groups excluding carboxylic acids is 1. The standard InChI is InChI=1S/C33H27ClO4/c1-36-28-18-15-26(21-29(28)37-2)32-33(20-19-23-9-5-3-6-10-23,31(35)25-11-7-4-8-12-25)22-30(38-32)24-13-16-27(34)17-14-24/h3-18,21,30,32H,22H2,1-2H3/t30-,32+,33+/m1/s1. The molecule has 0 bridgehead atoms. The minimum atomic E-state index is -1.17. The first-order valence-corrected chi connectivity index (χ1v) is 12.7. The van der Waals surface area contributed by atoms with Crippen LogP contribution < -0.4 is 9.47 Å². The van der Waals surface area contributed by atoms with Crippen LogP contribution in [-0.4, -0.2) is 20.0 Å². The molecule has 1 saturated heterocycles. The van der Waals surface area contributed by atoms with Gasteiger partial charge < -0.3 is 14.2 Å². The average molecular weight is 523 g/mol. The van der Waals surface area contributed by atoms with Crippen LogP contribution in [0.2, 0.25) is 5.02 Å². The Balaban J connectivity index is 1.70. The molecule has 3 atom stereocenters. The summed E-state index contributed by atoms with van der Waals surface area (Å²) in [5, 5.41) is 0.638. The summed E-state index contributed by atoms with van der Waals surface area (Å²) in [7, 11) is 3.18. The van der Waals surface area contributed by atoms with E-state index < -0.39 is 11.5 Å². The highest BCUT2D eigenvalue weighted by atomic mass is 35.5. The zero-order chi connectivity index (χ0) is 26.5. The van der Waals surface area contributed by atoms with E-state index in [0.717, 1.165) is 16.7 Å². The zero-order valence-corrected chi connectivity index (χ0v) is 21.9. The van der Waals surface area contributed by atoms with E-state index in [4.69, 9.17) is 25.8 Å². The van der Waals surface area contributed by atoms with Gasteiger partial charge in [0.25, 0.3) is 0 Å². The lowest BCUT2D eigenvalue weighted by molar-refractivity contribution is 0.0222. The van der Waals surface area contributed by atoms with E-state index in [1.54, 1.807) is 14.2 Å². The Morgan fingerprint density at radius 3 is 2.13 bits per heavy atom. The molecule has 0 N–H and O–H groups in total. The third-order valence-electron chi connectivity index (χ3n) is 6.85. The first-order valence-electron chi connectivity index (χ1n) is 12.3. The van der Waals surface area contributed by atoms with Crippen molar-refractivity contribution in [2.24, 2.45) is 5.41 Å². The Kier molecular flexibility index (Phi) is 7.51. The van der Waals surface area contributed by atoms with Crippen molar-refractivity contribution in [2.75, 3.05) is 14.2 Å². The van der Waals surface area contributed by atoms with Crippen LogP contribution >= 0.6 is 11.6 Å². The predicted molar refractivity (Wildman–Crippen MR) is 149 cm³/mol. The Morgan fingerprint density at radius 1 is 0.842 bits per heavy atom. The molecule has 1 fully saturated rings. The maximum Gasteiger partial charge on any atom is 0.184 e. The van der Waals surface area contributed by atoms with Gasteiger partial charge >= 0.3 is 0 Å². The highest BCUT2D eigenvalue weighted by molar-refractivity contribution is 6.30. The number of ether oxygens (including phenoxy) is 3. The van der Waals surface area contributed by atoms with Crippen molar-refractivity contribution in [3.05, 3.63) is 130 Å². The van der Waals surface area contributed by atoms with Gasteiger partial charge in [0, 0.05) is 22.6 Å². The second kappa shape index (κ2) is 11.1. The molecule has 0 unspecified atom stereocenters. The van der Waals surface area contributed by atoms with Gasteiger partial charge in [-0.1, -0.05) is 90.2 Å². The Morgan fingerprint density at radius 2 is 1.47 bits per heavy atom. The van der Waals surface area contributed by atoms with Crippen LogP contribution in [0.15, 0.2) is 103 Å². The van der Waals surface area contributed by atoms with Crippen LogP contribution in [0.5, 0.6) is 11.5 Å². The summed E-state index contributed by atoms with van der Waals surface area (Å²) in [5.41, 5.74) is 1.96. The fourth-order valence-corrected chi connectivity index (χ4v) is 5.04. The highest BCUT2D eigenvalue weighted by Crippen LogP contribution is 2.55. The SMILES string of the molecule is COc1ccc([C@@H]2O[C@@H](c3ccc(Cl)cc3)C[C@@]2(C#Cc2ccccc2)C(=O)c2ccccc2)cc1OC. The third-order valence-corrected chi connectivity index (χ3v) is 7.10. The summed E-state index contributed by atoms with van der Waals surface area (Å²) in [6.07, 6.45) is -0.656. The van der Waals surface area contributed by atoms with Gasteiger partial charge in [0.1, 0.15) is 11.5 Å². The number of rotatable bonds is 6. The number of Topliss-reactive ketones (excluding diaryl/α,β-unsaturated/α-hetero) is 1. The number of carbonyl (C=O) groups is 1. The summed E-state index contributed by atoms with van der Waals surface area (Å²) >= 11 is 6.17. The minimum Gasteiger partial charge on any atom is -0.493 e. The lowest BCUT2D eigenvalue weighted by Gasteiger charge is -2.28. The van der Waals surface area contributed by atoms with Gasteiger partial charge in [-0.15, -0.1) is 0 Å². The van der Waals surface area contributed by atoms with E-state index in [2.05, 4.69) is 11.8 Å². The Hall–Kier alpha value is -4.04. The molecule has 38 heavy (non-hydrogen) atoms. The molecule has 0 radical (unpaired) electrons. The quantitative estimate of drug-likeness (QED) is 0.194. The number of hydrogen-bond donors (Lipinski definition) is 0. The molecule has 1 aliphatic rings. The first kappa shape index (κ1) is 25.6.